The topological polar surface area (TPSA) is 30.3 Å². The molecular formula is C18H15F4N3. The molecular weight excluding hydrogens is 334 g/mol. The van der Waals surface area contributed by atoms with Crippen LogP contribution in [0.3, 0.4) is 0 Å². The Kier molecular flexibility index (Phi) is 4.53. The third-order valence-corrected chi connectivity index (χ3v) is 4.27. The highest BCUT2D eigenvalue weighted by molar-refractivity contribution is 5.56. The molecule has 0 atom stereocenters. The number of piperazine rings is 1. The van der Waals surface area contributed by atoms with Crippen LogP contribution in [0.25, 0.3) is 0 Å². The molecule has 0 amide bonds. The first-order valence-electron chi connectivity index (χ1n) is 7.75. The number of hydrogen-bond donors (Lipinski definition) is 0. The molecule has 2 aromatic carbocycles. The molecule has 2 aromatic rings. The van der Waals surface area contributed by atoms with Gasteiger partial charge in [-0.3, -0.25) is 0 Å². The molecule has 0 N–H and O–H groups in total. The van der Waals surface area contributed by atoms with Gasteiger partial charge in [-0.2, -0.15) is 18.4 Å². The van der Waals surface area contributed by atoms with E-state index in [1.165, 1.54) is 18.2 Å². The van der Waals surface area contributed by atoms with Crippen molar-refractivity contribution in [1.82, 2.24) is 0 Å². The molecule has 25 heavy (non-hydrogen) atoms. The van der Waals surface area contributed by atoms with Crippen molar-refractivity contribution in [2.75, 3.05) is 36.0 Å². The predicted octanol–water partition coefficient (Wildman–Crippen LogP) is 4.04. The van der Waals surface area contributed by atoms with Crippen LogP contribution in [0.15, 0.2) is 42.5 Å². The quantitative estimate of drug-likeness (QED) is 0.767. The number of halogens is 4. The van der Waals surface area contributed by atoms with E-state index in [1.807, 2.05) is 4.90 Å². The van der Waals surface area contributed by atoms with Crippen molar-refractivity contribution < 1.29 is 17.6 Å². The standard InChI is InChI=1S/C18H15F4N3/c19-14-2-5-15(6-3-14)24-7-9-25(10-8-24)16-4-1-13(12-23)17(11-16)18(20,21)22/h1-6,11H,7-10H2. The summed E-state index contributed by atoms with van der Waals surface area (Å²) in [5.74, 6) is -0.306. The summed E-state index contributed by atoms with van der Waals surface area (Å²) in [6, 6.07) is 11.5. The third kappa shape index (κ3) is 3.68. The van der Waals surface area contributed by atoms with Crippen molar-refractivity contribution in [3.63, 3.8) is 0 Å². The number of nitriles is 1. The van der Waals surface area contributed by atoms with Crippen molar-refractivity contribution in [2.24, 2.45) is 0 Å². The van der Waals surface area contributed by atoms with E-state index >= 15 is 0 Å². The molecule has 3 nitrogen and oxygen atoms in total. The number of rotatable bonds is 2. The molecule has 0 bridgehead atoms. The van der Waals surface area contributed by atoms with Gasteiger partial charge in [-0.25, -0.2) is 4.39 Å². The Labute approximate surface area is 142 Å². The molecule has 1 fully saturated rings. The molecule has 0 spiro atoms. The summed E-state index contributed by atoms with van der Waals surface area (Å²) in [4.78, 5) is 3.92. The summed E-state index contributed by atoms with van der Waals surface area (Å²) in [5, 5.41) is 8.87. The van der Waals surface area contributed by atoms with Crippen molar-refractivity contribution >= 4 is 11.4 Å². The van der Waals surface area contributed by atoms with E-state index in [9.17, 15) is 17.6 Å². The lowest BCUT2D eigenvalue weighted by atomic mass is 10.1. The summed E-state index contributed by atoms with van der Waals surface area (Å²) in [5.41, 5.74) is 0.0524. The predicted molar refractivity (Wildman–Crippen MR) is 87.0 cm³/mol. The maximum absolute atomic E-state index is 13.1. The number of hydrogen-bond acceptors (Lipinski definition) is 3. The lowest BCUT2D eigenvalue weighted by Crippen LogP contribution is -2.46. The average Bonchev–Trinajstić information content (AvgIpc) is 2.61. The second kappa shape index (κ2) is 6.63. The largest absolute Gasteiger partial charge is 0.417 e. The van der Waals surface area contributed by atoms with Crippen molar-refractivity contribution in [1.29, 1.82) is 5.26 Å². The molecule has 0 aliphatic carbocycles. The Morgan fingerprint density at radius 3 is 1.88 bits per heavy atom. The summed E-state index contributed by atoms with van der Waals surface area (Å²) < 4.78 is 52.3. The first-order valence-corrected chi connectivity index (χ1v) is 7.75. The van der Waals surface area contributed by atoms with Crippen LogP contribution in [-0.2, 0) is 6.18 Å². The smallest absolute Gasteiger partial charge is 0.368 e. The number of nitrogens with zero attached hydrogens (tertiary/aromatic N) is 3. The highest BCUT2D eigenvalue weighted by Gasteiger charge is 2.34. The fraction of sp³-hybridized carbons (Fsp3) is 0.278. The lowest BCUT2D eigenvalue weighted by molar-refractivity contribution is -0.137. The second-order valence-corrected chi connectivity index (χ2v) is 5.79. The number of alkyl halides is 3. The molecule has 1 aliphatic rings. The molecule has 3 rings (SSSR count). The monoisotopic (exact) mass is 349 g/mol. The highest BCUT2D eigenvalue weighted by atomic mass is 19.4. The zero-order valence-electron chi connectivity index (χ0n) is 13.2. The minimum absolute atomic E-state index is 0.306. The maximum atomic E-state index is 13.1. The van der Waals surface area contributed by atoms with Gasteiger partial charge in [-0.15, -0.1) is 0 Å². The molecule has 0 saturated carbocycles. The summed E-state index contributed by atoms with van der Waals surface area (Å²) in [7, 11) is 0. The minimum atomic E-state index is -4.56. The van der Waals surface area contributed by atoms with Crippen LogP contribution in [0.1, 0.15) is 11.1 Å². The van der Waals surface area contributed by atoms with Crippen molar-refractivity contribution in [3.05, 3.63) is 59.4 Å². The van der Waals surface area contributed by atoms with Gasteiger partial charge in [0, 0.05) is 37.6 Å². The van der Waals surface area contributed by atoms with Gasteiger partial charge in [0.15, 0.2) is 0 Å². The van der Waals surface area contributed by atoms with E-state index in [2.05, 4.69) is 4.90 Å². The third-order valence-electron chi connectivity index (χ3n) is 4.27. The van der Waals surface area contributed by atoms with Gasteiger partial charge >= 0.3 is 6.18 Å². The molecule has 1 aliphatic heterocycles. The van der Waals surface area contributed by atoms with Gasteiger partial charge < -0.3 is 9.80 Å². The van der Waals surface area contributed by atoms with E-state index < -0.39 is 11.7 Å². The van der Waals surface area contributed by atoms with Gasteiger partial charge in [0.25, 0.3) is 0 Å². The number of anilines is 2. The zero-order valence-corrected chi connectivity index (χ0v) is 13.2. The lowest BCUT2D eigenvalue weighted by Gasteiger charge is -2.37. The summed E-state index contributed by atoms with van der Waals surface area (Å²) in [6.07, 6.45) is -4.56. The molecule has 7 heteroatoms. The highest BCUT2D eigenvalue weighted by Crippen LogP contribution is 2.34. The zero-order chi connectivity index (χ0) is 18.0. The Morgan fingerprint density at radius 2 is 1.36 bits per heavy atom. The fourth-order valence-corrected chi connectivity index (χ4v) is 2.94. The van der Waals surface area contributed by atoms with Crippen LogP contribution in [-0.4, -0.2) is 26.2 Å². The van der Waals surface area contributed by atoms with Crippen LogP contribution in [0, 0.1) is 17.1 Å². The van der Waals surface area contributed by atoms with E-state index in [-0.39, 0.29) is 11.4 Å². The van der Waals surface area contributed by atoms with Crippen LogP contribution >= 0.6 is 0 Å². The Hall–Kier alpha value is -2.75. The molecule has 0 radical (unpaired) electrons. The molecule has 1 heterocycles. The minimum Gasteiger partial charge on any atom is -0.368 e. The van der Waals surface area contributed by atoms with Crippen molar-refractivity contribution in [2.45, 2.75) is 6.18 Å². The van der Waals surface area contributed by atoms with Crippen LogP contribution in [0.4, 0.5) is 28.9 Å². The normalized spacial score (nSPS) is 15.2. The second-order valence-electron chi connectivity index (χ2n) is 5.79. The van der Waals surface area contributed by atoms with E-state index in [0.717, 1.165) is 11.8 Å². The Morgan fingerprint density at radius 1 is 0.840 bits per heavy atom. The summed E-state index contributed by atoms with van der Waals surface area (Å²) in [6.45, 7) is 2.32. The maximum Gasteiger partial charge on any atom is 0.417 e. The van der Waals surface area contributed by atoms with Crippen LogP contribution < -0.4 is 9.80 Å². The fourth-order valence-electron chi connectivity index (χ4n) is 2.94. The molecule has 130 valence electrons. The Balaban J connectivity index is 1.75. The summed E-state index contributed by atoms with van der Waals surface area (Å²) >= 11 is 0. The van der Waals surface area contributed by atoms with E-state index in [1.54, 1.807) is 24.3 Å². The molecule has 1 saturated heterocycles. The first kappa shape index (κ1) is 17.1. The van der Waals surface area contributed by atoms with E-state index in [4.69, 9.17) is 5.26 Å². The first-order chi connectivity index (χ1) is 11.9. The number of benzene rings is 2. The molecule has 0 unspecified atom stereocenters. The van der Waals surface area contributed by atoms with Gasteiger partial charge in [-0.1, -0.05) is 0 Å². The van der Waals surface area contributed by atoms with Gasteiger partial charge in [0.2, 0.25) is 0 Å². The van der Waals surface area contributed by atoms with Gasteiger partial charge in [-0.05, 0) is 42.5 Å². The molecule has 0 aromatic heterocycles. The Bertz CT molecular complexity index is 785. The SMILES string of the molecule is N#Cc1ccc(N2CCN(c3ccc(F)cc3)CC2)cc1C(F)(F)F. The van der Waals surface area contributed by atoms with Crippen LogP contribution in [0.5, 0.6) is 0 Å². The van der Waals surface area contributed by atoms with Crippen LogP contribution in [0.2, 0.25) is 0 Å². The average molecular weight is 349 g/mol. The van der Waals surface area contributed by atoms with E-state index in [0.29, 0.717) is 31.9 Å². The van der Waals surface area contributed by atoms with Crippen molar-refractivity contribution in [3.8, 4) is 6.07 Å². The van der Waals surface area contributed by atoms with Gasteiger partial charge in [0.05, 0.1) is 17.2 Å². The van der Waals surface area contributed by atoms with Gasteiger partial charge in [0.1, 0.15) is 5.82 Å².